The van der Waals surface area contributed by atoms with Crippen molar-refractivity contribution in [1.29, 1.82) is 0 Å². The van der Waals surface area contributed by atoms with Crippen molar-refractivity contribution in [3.63, 3.8) is 0 Å². The average Bonchev–Trinajstić information content (AvgIpc) is 3.30. The second-order valence-electron chi connectivity index (χ2n) is 18.4. The summed E-state index contributed by atoms with van der Waals surface area (Å²) >= 11 is 0. The summed E-state index contributed by atoms with van der Waals surface area (Å²) in [5, 5.41) is 77.3. The first kappa shape index (κ1) is 55.9. The van der Waals surface area contributed by atoms with Crippen LogP contribution in [0.3, 0.4) is 0 Å². The van der Waals surface area contributed by atoms with Gasteiger partial charge in [-0.05, 0) is 39.2 Å². The van der Waals surface area contributed by atoms with Crippen molar-refractivity contribution in [2.45, 2.75) is 140 Å². The Morgan fingerprint density at radius 2 is 1.47 bits per heavy atom. The molecule has 13 N–H and O–H groups in total. The standard InChI is InChI=1S/C47H60N6O19/c1-18(2)12-25(53-46(68)26(13-30(48)56)52-44(66)20(4)50-43(65)19(3)49-31(57)10-11-32(58)59)45(67)51-24-14-33(71-21(5)38(24)60)72-28-16-47(69,29(55)17-54)15-23-35(28)42(64)37-36(40(23)62)39(61)22-8-7-9-27(70-6)34(22)41(37)63/h7-9,18-21,24-26,28,33,38,54,60,62,64,69H,10-17H2,1-6H3,(H2,48,56)(H,49,57)(H,50,65)(H,51,67)(H,52,66)(H,53,68)(H,58,59)/t19?,20?,21?,24?,25?,26?,28-,33+,38-,47-/m0/s1. The zero-order chi connectivity index (χ0) is 53.7. The van der Waals surface area contributed by atoms with Gasteiger partial charge in [-0.25, -0.2) is 0 Å². The minimum absolute atomic E-state index is 0.00500. The molecule has 25 heteroatoms. The molecule has 392 valence electrons. The summed E-state index contributed by atoms with van der Waals surface area (Å²) in [4.78, 5) is 130. The fourth-order valence-corrected chi connectivity index (χ4v) is 8.83. The molecule has 5 rings (SSSR count). The molecular formula is C47H60N6O19. The summed E-state index contributed by atoms with van der Waals surface area (Å²) in [6, 6.07) is -2.70. The van der Waals surface area contributed by atoms with Gasteiger partial charge >= 0.3 is 5.97 Å². The number of nitrogens with one attached hydrogen (secondary N) is 5. The number of hydrogen-bond acceptors (Lipinski definition) is 18. The summed E-state index contributed by atoms with van der Waals surface area (Å²) < 4.78 is 17.5. The van der Waals surface area contributed by atoms with Gasteiger partial charge in [0.15, 0.2) is 17.9 Å². The maximum Gasteiger partial charge on any atom is 0.303 e. The van der Waals surface area contributed by atoms with Crippen molar-refractivity contribution in [3.05, 3.63) is 51.6 Å². The normalized spacial score (nSPS) is 22.9. The molecule has 1 saturated heterocycles. The first-order valence-electron chi connectivity index (χ1n) is 23.0. The van der Waals surface area contributed by atoms with Crippen molar-refractivity contribution < 1.29 is 92.8 Å². The first-order valence-corrected chi connectivity index (χ1v) is 23.0. The Bertz CT molecular complexity index is 2530. The van der Waals surface area contributed by atoms with E-state index in [1.54, 1.807) is 13.8 Å². The number of phenols is 2. The Kier molecular flexibility index (Phi) is 17.8. The second-order valence-corrected chi connectivity index (χ2v) is 18.4. The lowest BCUT2D eigenvalue weighted by atomic mass is 9.72. The highest BCUT2D eigenvalue weighted by Crippen LogP contribution is 2.52. The summed E-state index contributed by atoms with van der Waals surface area (Å²) in [6.07, 6.45) is -9.15. The first-order chi connectivity index (χ1) is 33.7. The number of benzene rings is 2. The number of rotatable bonds is 21. The average molecular weight is 1010 g/mol. The van der Waals surface area contributed by atoms with E-state index in [2.05, 4.69) is 26.6 Å². The zero-order valence-corrected chi connectivity index (χ0v) is 40.2. The maximum absolute atomic E-state index is 14.1. The third kappa shape index (κ3) is 12.3. The van der Waals surface area contributed by atoms with Gasteiger partial charge in [0.2, 0.25) is 41.2 Å². The van der Waals surface area contributed by atoms with Crippen LogP contribution in [0, 0.1) is 5.92 Å². The summed E-state index contributed by atoms with van der Waals surface area (Å²) in [5.74, 6) is -11.6. The molecule has 25 nitrogen and oxygen atoms in total. The minimum Gasteiger partial charge on any atom is -0.507 e. The molecule has 0 saturated carbocycles. The number of carbonyl (C=O) groups excluding carboxylic acids is 9. The Morgan fingerprint density at radius 3 is 2.08 bits per heavy atom. The van der Waals surface area contributed by atoms with Crippen LogP contribution in [-0.4, -0.2) is 157 Å². The number of aliphatic hydroxyl groups excluding tert-OH is 2. The minimum atomic E-state index is -2.47. The Hall–Kier alpha value is -7.06. The van der Waals surface area contributed by atoms with Crippen molar-refractivity contribution in [1.82, 2.24) is 26.6 Å². The largest absolute Gasteiger partial charge is 0.507 e. The van der Waals surface area contributed by atoms with E-state index in [1.807, 2.05) is 0 Å². The highest BCUT2D eigenvalue weighted by atomic mass is 16.7. The van der Waals surface area contributed by atoms with Crippen LogP contribution in [0.25, 0.3) is 0 Å². The predicted molar refractivity (Wildman–Crippen MR) is 245 cm³/mol. The summed E-state index contributed by atoms with van der Waals surface area (Å²) in [6.45, 7) is 6.21. The third-order valence-electron chi connectivity index (χ3n) is 12.6. The van der Waals surface area contributed by atoms with E-state index in [1.165, 1.54) is 46.1 Å². The molecule has 6 unspecified atom stereocenters. The van der Waals surface area contributed by atoms with Gasteiger partial charge in [0.1, 0.15) is 59.7 Å². The van der Waals surface area contributed by atoms with Gasteiger partial charge < -0.3 is 77.2 Å². The highest BCUT2D eigenvalue weighted by Gasteiger charge is 2.50. The number of carboxylic acids is 1. The lowest BCUT2D eigenvalue weighted by Gasteiger charge is -2.43. The van der Waals surface area contributed by atoms with Crippen LogP contribution in [0.2, 0.25) is 0 Å². The number of aromatic hydroxyl groups is 2. The van der Waals surface area contributed by atoms with E-state index in [0.717, 1.165) is 0 Å². The number of hydrogen-bond donors (Lipinski definition) is 12. The van der Waals surface area contributed by atoms with Gasteiger partial charge in [-0.3, -0.25) is 47.9 Å². The van der Waals surface area contributed by atoms with Crippen LogP contribution < -0.4 is 37.1 Å². The number of Topliss-reactive ketones (excluding diaryl/α,β-unsaturated/α-hetero) is 1. The van der Waals surface area contributed by atoms with Gasteiger partial charge in [0, 0.05) is 42.4 Å². The number of ketones is 3. The number of aliphatic hydroxyl groups is 3. The quantitative estimate of drug-likeness (QED) is 0.0510. The van der Waals surface area contributed by atoms with Crippen molar-refractivity contribution in [3.8, 4) is 17.2 Å². The smallest absolute Gasteiger partial charge is 0.303 e. The van der Waals surface area contributed by atoms with Crippen LogP contribution in [0.4, 0.5) is 0 Å². The monoisotopic (exact) mass is 1010 g/mol. The van der Waals surface area contributed by atoms with Gasteiger partial charge in [0.25, 0.3) is 0 Å². The molecule has 2 aliphatic carbocycles. The fourth-order valence-electron chi connectivity index (χ4n) is 8.83. The Balaban J connectivity index is 1.36. The SMILES string of the molecule is COc1cccc2c1C(=O)c1c(O)c3c(c(O)c1C2=O)C[C@@](O)(C(=O)CO)C[C@@H]3O[C@@H]1CC(NC(=O)C(CC(C)C)NC(=O)C(CC(N)=O)NC(=O)C(C)NC(=O)C(C)NC(=O)CCC(=O)O)[C@@H](O)C(C)O1. The number of methoxy groups -OCH3 is 1. The van der Waals surface area contributed by atoms with Gasteiger partial charge in [-0.1, -0.05) is 26.0 Å². The Labute approximate surface area is 411 Å². The van der Waals surface area contributed by atoms with Crippen LogP contribution in [-0.2, 0) is 54.3 Å². The third-order valence-corrected chi connectivity index (χ3v) is 12.6. The fraction of sp³-hybridized carbons (Fsp3) is 0.532. The van der Waals surface area contributed by atoms with Crippen LogP contribution in [0.5, 0.6) is 17.2 Å². The van der Waals surface area contributed by atoms with E-state index in [4.69, 9.17) is 25.1 Å². The molecular weight excluding hydrogens is 953 g/mol. The maximum atomic E-state index is 14.1. The number of primary amides is 1. The van der Waals surface area contributed by atoms with Crippen LogP contribution in [0.1, 0.15) is 122 Å². The molecule has 6 amide bonds. The molecule has 1 heterocycles. The molecule has 0 radical (unpaired) electrons. The van der Waals surface area contributed by atoms with Crippen molar-refractivity contribution in [2.24, 2.45) is 11.7 Å². The van der Waals surface area contributed by atoms with E-state index < -0.39 is 181 Å². The molecule has 2 aromatic carbocycles. The number of ether oxygens (including phenoxy) is 3. The van der Waals surface area contributed by atoms with Crippen molar-refractivity contribution in [2.75, 3.05) is 13.7 Å². The van der Waals surface area contributed by atoms with Crippen LogP contribution >= 0.6 is 0 Å². The van der Waals surface area contributed by atoms with Gasteiger partial charge in [-0.15, -0.1) is 0 Å². The summed E-state index contributed by atoms with van der Waals surface area (Å²) in [5.41, 5.74) is 0.702. The number of nitrogens with two attached hydrogens (primary N) is 1. The molecule has 0 aromatic heterocycles. The lowest BCUT2D eigenvalue weighted by molar-refractivity contribution is -0.249. The van der Waals surface area contributed by atoms with Gasteiger partial charge in [0.05, 0.1) is 54.9 Å². The number of fused-ring (bicyclic) bond motifs is 3. The zero-order valence-electron chi connectivity index (χ0n) is 40.2. The number of carboxylic acid groups (broad SMARTS) is 1. The topological polar surface area (TPSA) is 406 Å². The lowest BCUT2D eigenvalue weighted by Crippen LogP contribution is -2.61. The number of amides is 6. The molecule has 3 aliphatic rings. The van der Waals surface area contributed by atoms with E-state index in [-0.39, 0.29) is 46.8 Å². The van der Waals surface area contributed by atoms with E-state index in [9.17, 15) is 73.5 Å². The highest BCUT2D eigenvalue weighted by molar-refractivity contribution is 6.31. The van der Waals surface area contributed by atoms with Gasteiger partial charge in [-0.2, -0.15) is 0 Å². The Morgan fingerprint density at radius 1 is 0.847 bits per heavy atom. The predicted octanol–water partition coefficient (Wildman–Crippen LogP) is -2.08. The molecule has 72 heavy (non-hydrogen) atoms. The number of aliphatic carboxylic acids is 1. The molecule has 2 aromatic rings. The van der Waals surface area contributed by atoms with E-state index >= 15 is 0 Å². The number of phenolic OH excluding ortho intramolecular Hbond substituents is 2. The second kappa shape index (κ2) is 23.0. The molecule has 0 bridgehead atoms. The van der Waals surface area contributed by atoms with Crippen molar-refractivity contribution >= 4 is 58.8 Å². The molecule has 1 fully saturated rings. The molecule has 0 spiro atoms. The van der Waals surface area contributed by atoms with E-state index in [0.29, 0.717) is 0 Å². The summed E-state index contributed by atoms with van der Waals surface area (Å²) in [7, 11) is 1.26. The van der Waals surface area contributed by atoms with Crippen LogP contribution in [0.15, 0.2) is 18.2 Å². The molecule has 10 atom stereocenters. The molecule has 1 aliphatic heterocycles. The number of carbonyl (C=O) groups is 10.